The number of carboxylic acids is 1. The minimum absolute atomic E-state index is 0.241. The summed E-state index contributed by atoms with van der Waals surface area (Å²) < 4.78 is 6.05. The number of hydrogen-bond acceptors (Lipinski definition) is 3. The molecule has 0 aliphatic heterocycles. The molecule has 0 heterocycles. The molecule has 2 fully saturated rings. The van der Waals surface area contributed by atoms with E-state index in [0.29, 0.717) is 13.2 Å². The average molecular weight is 283 g/mol. The first-order valence-corrected chi connectivity index (χ1v) is 8.22. The second-order valence-corrected chi connectivity index (χ2v) is 6.46. The third-order valence-electron chi connectivity index (χ3n) is 5.01. The second kappa shape index (κ2) is 6.90. The quantitative estimate of drug-likeness (QED) is 0.719. The number of carbonyl (C=O) groups is 1. The lowest BCUT2D eigenvalue weighted by Gasteiger charge is -2.34. The van der Waals surface area contributed by atoms with Crippen molar-refractivity contribution < 1.29 is 14.6 Å². The maximum atomic E-state index is 11.7. The summed E-state index contributed by atoms with van der Waals surface area (Å²) in [6.07, 6.45) is 8.18. The van der Waals surface area contributed by atoms with Crippen molar-refractivity contribution in [1.82, 2.24) is 5.32 Å². The Morgan fingerprint density at radius 3 is 2.60 bits per heavy atom. The lowest BCUT2D eigenvalue weighted by atomic mass is 9.85. The molecule has 2 N–H and O–H groups in total. The van der Waals surface area contributed by atoms with Gasteiger partial charge in [0.15, 0.2) is 0 Å². The molecule has 20 heavy (non-hydrogen) atoms. The van der Waals surface area contributed by atoms with Crippen molar-refractivity contribution in [2.75, 3.05) is 13.2 Å². The van der Waals surface area contributed by atoms with E-state index < -0.39 is 11.5 Å². The van der Waals surface area contributed by atoms with E-state index in [0.717, 1.165) is 31.6 Å². The number of aliphatic carboxylic acids is 1. The Kier molecular flexibility index (Phi) is 5.44. The molecule has 0 radical (unpaired) electrons. The van der Waals surface area contributed by atoms with Crippen LogP contribution in [0.25, 0.3) is 0 Å². The molecule has 0 aromatic carbocycles. The highest BCUT2D eigenvalue weighted by molar-refractivity contribution is 5.80. The molecule has 0 spiro atoms. The smallest absolute Gasteiger partial charge is 0.326 e. The Bertz CT molecular complexity index is 330. The highest BCUT2D eigenvalue weighted by Gasteiger charge is 2.51. The molecule has 2 aliphatic carbocycles. The van der Waals surface area contributed by atoms with Crippen LogP contribution in [0.3, 0.4) is 0 Å². The topological polar surface area (TPSA) is 58.6 Å². The minimum atomic E-state index is -0.853. The van der Waals surface area contributed by atoms with Gasteiger partial charge in [0, 0.05) is 0 Å². The van der Waals surface area contributed by atoms with Gasteiger partial charge in [-0.15, -0.1) is 0 Å². The van der Waals surface area contributed by atoms with Crippen LogP contribution in [0, 0.1) is 11.8 Å². The summed E-state index contributed by atoms with van der Waals surface area (Å²) >= 11 is 0. The molecular weight excluding hydrogens is 254 g/mol. The molecule has 4 nitrogen and oxygen atoms in total. The minimum Gasteiger partial charge on any atom is -0.480 e. The van der Waals surface area contributed by atoms with Crippen LogP contribution in [0.5, 0.6) is 0 Å². The van der Waals surface area contributed by atoms with E-state index in [-0.39, 0.29) is 12.0 Å². The lowest BCUT2D eigenvalue weighted by molar-refractivity contribution is -0.151. The number of nitrogens with one attached hydrogen (secondary N) is 1. The normalized spacial score (nSPS) is 29.9. The van der Waals surface area contributed by atoms with Gasteiger partial charge in [0.25, 0.3) is 0 Å². The zero-order chi connectivity index (χ0) is 14.6. The SMILES string of the molecule is CCNC(COC1CCCC(CC)C1)(C(=O)O)C1CC1. The molecule has 4 heteroatoms. The monoisotopic (exact) mass is 283 g/mol. The highest BCUT2D eigenvalue weighted by Crippen LogP contribution is 2.41. The Hall–Kier alpha value is -0.610. The molecule has 2 saturated carbocycles. The summed E-state index contributed by atoms with van der Waals surface area (Å²) in [6.45, 7) is 5.20. The molecule has 0 aromatic rings. The average Bonchev–Trinajstić information content (AvgIpc) is 3.28. The van der Waals surface area contributed by atoms with Crippen LogP contribution in [-0.4, -0.2) is 35.9 Å². The zero-order valence-corrected chi connectivity index (χ0v) is 12.9. The summed E-state index contributed by atoms with van der Waals surface area (Å²) in [5, 5.41) is 12.8. The van der Waals surface area contributed by atoms with Crippen molar-refractivity contribution in [3.8, 4) is 0 Å². The second-order valence-electron chi connectivity index (χ2n) is 6.46. The van der Waals surface area contributed by atoms with Crippen molar-refractivity contribution in [2.45, 2.75) is 70.4 Å². The van der Waals surface area contributed by atoms with Crippen LogP contribution in [0.15, 0.2) is 0 Å². The fraction of sp³-hybridized carbons (Fsp3) is 0.938. The van der Waals surface area contributed by atoms with E-state index in [1.165, 1.54) is 19.3 Å². The van der Waals surface area contributed by atoms with Gasteiger partial charge in [0.2, 0.25) is 0 Å². The number of carboxylic acid groups (broad SMARTS) is 1. The molecule has 0 bridgehead atoms. The first-order chi connectivity index (χ1) is 9.62. The molecule has 3 atom stereocenters. The lowest BCUT2D eigenvalue weighted by Crippen LogP contribution is -2.58. The van der Waals surface area contributed by atoms with Crippen LogP contribution in [0.2, 0.25) is 0 Å². The van der Waals surface area contributed by atoms with Crippen molar-refractivity contribution >= 4 is 5.97 Å². The number of ether oxygens (including phenoxy) is 1. The predicted octanol–water partition coefficient (Wildman–Crippen LogP) is 2.81. The van der Waals surface area contributed by atoms with Gasteiger partial charge in [-0.1, -0.05) is 33.1 Å². The Labute approximate surface area is 122 Å². The Balaban J connectivity index is 1.92. The Morgan fingerprint density at radius 1 is 1.30 bits per heavy atom. The van der Waals surface area contributed by atoms with E-state index in [1.807, 2.05) is 6.92 Å². The molecular formula is C16H29NO3. The first-order valence-electron chi connectivity index (χ1n) is 8.22. The van der Waals surface area contributed by atoms with Crippen molar-refractivity contribution in [1.29, 1.82) is 0 Å². The van der Waals surface area contributed by atoms with Gasteiger partial charge < -0.3 is 9.84 Å². The fourth-order valence-corrected chi connectivity index (χ4v) is 3.53. The van der Waals surface area contributed by atoms with Crippen LogP contribution in [0.4, 0.5) is 0 Å². The molecule has 0 saturated heterocycles. The van der Waals surface area contributed by atoms with E-state index >= 15 is 0 Å². The highest BCUT2D eigenvalue weighted by atomic mass is 16.5. The number of likely N-dealkylation sites (N-methyl/N-ethyl adjacent to an activating group) is 1. The van der Waals surface area contributed by atoms with Crippen molar-refractivity contribution in [3.05, 3.63) is 0 Å². The maximum absolute atomic E-state index is 11.7. The largest absolute Gasteiger partial charge is 0.480 e. The van der Waals surface area contributed by atoms with Gasteiger partial charge in [-0.05, 0) is 44.1 Å². The number of rotatable bonds is 8. The van der Waals surface area contributed by atoms with Gasteiger partial charge in [0.05, 0.1) is 12.7 Å². The van der Waals surface area contributed by atoms with Crippen LogP contribution < -0.4 is 5.32 Å². The van der Waals surface area contributed by atoms with Gasteiger partial charge in [0.1, 0.15) is 5.54 Å². The number of hydrogen-bond donors (Lipinski definition) is 2. The van der Waals surface area contributed by atoms with Gasteiger partial charge >= 0.3 is 5.97 Å². The molecule has 3 unspecified atom stereocenters. The summed E-state index contributed by atoms with van der Waals surface area (Å²) in [5.41, 5.74) is -0.853. The van der Waals surface area contributed by atoms with Crippen LogP contribution in [-0.2, 0) is 9.53 Å². The third kappa shape index (κ3) is 3.53. The third-order valence-corrected chi connectivity index (χ3v) is 5.01. The molecule has 0 amide bonds. The summed E-state index contributed by atoms with van der Waals surface area (Å²) in [7, 11) is 0. The molecule has 2 aliphatic rings. The summed E-state index contributed by atoms with van der Waals surface area (Å²) in [5.74, 6) is 0.253. The van der Waals surface area contributed by atoms with Crippen molar-refractivity contribution in [3.63, 3.8) is 0 Å². The van der Waals surface area contributed by atoms with E-state index in [4.69, 9.17) is 4.74 Å². The van der Waals surface area contributed by atoms with E-state index in [2.05, 4.69) is 12.2 Å². The summed E-state index contributed by atoms with van der Waals surface area (Å²) in [4.78, 5) is 11.7. The van der Waals surface area contributed by atoms with Gasteiger partial charge in [-0.2, -0.15) is 0 Å². The first kappa shape index (κ1) is 15.8. The van der Waals surface area contributed by atoms with E-state index in [1.54, 1.807) is 0 Å². The van der Waals surface area contributed by atoms with Gasteiger partial charge in [-0.25, -0.2) is 0 Å². The standard InChI is InChI=1S/C16H29NO3/c1-3-12-6-5-7-14(10-12)20-11-16(15(18)19,17-4-2)13-8-9-13/h12-14,17H,3-11H2,1-2H3,(H,18,19). The van der Waals surface area contributed by atoms with Crippen molar-refractivity contribution in [2.24, 2.45) is 11.8 Å². The van der Waals surface area contributed by atoms with Crippen LogP contribution in [0.1, 0.15) is 58.8 Å². The molecule has 116 valence electrons. The van der Waals surface area contributed by atoms with E-state index in [9.17, 15) is 9.90 Å². The molecule has 2 rings (SSSR count). The zero-order valence-electron chi connectivity index (χ0n) is 12.9. The Morgan fingerprint density at radius 2 is 2.05 bits per heavy atom. The van der Waals surface area contributed by atoms with Gasteiger partial charge in [-0.3, -0.25) is 10.1 Å². The fourth-order valence-electron chi connectivity index (χ4n) is 3.53. The predicted molar refractivity (Wildman–Crippen MR) is 78.8 cm³/mol. The van der Waals surface area contributed by atoms with Crippen LogP contribution >= 0.6 is 0 Å². The maximum Gasteiger partial charge on any atom is 0.326 e. The molecule has 0 aromatic heterocycles. The summed E-state index contributed by atoms with van der Waals surface area (Å²) in [6, 6.07) is 0.